The second-order valence-corrected chi connectivity index (χ2v) is 8.68. The summed E-state index contributed by atoms with van der Waals surface area (Å²) in [6, 6.07) is 4.07. The van der Waals surface area contributed by atoms with Crippen molar-refractivity contribution >= 4 is 18.1 Å². The molecule has 2 aliphatic rings. The minimum Gasteiger partial charge on any atom is -0.353 e. The monoisotopic (exact) mass is 483 g/mol. The topological polar surface area (TPSA) is 69.9 Å². The molecule has 3 aromatic rings. The highest BCUT2D eigenvalue weighted by atomic mass is 19.1. The van der Waals surface area contributed by atoms with E-state index in [1.807, 2.05) is 11.8 Å². The molecule has 4 heterocycles. The SMILES string of the molecule is Cc1cnn(C)c1-c1cc(N2CCN(C(=O)N3N=CCC3c3cc(F)cc(F)c3)CC2)ncc1F. The van der Waals surface area contributed by atoms with E-state index in [0.717, 1.165) is 11.6 Å². The van der Waals surface area contributed by atoms with Gasteiger partial charge >= 0.3 is 6.03 Å². The Morgan fingerprint density at radius 2 is 1.71 bits per heavy atom. The average molecular weight is 483 g/mol. The van der Waals surface area contributed by atoms with Crippen LogP contribution in [0.25, 0.3) is 11.3 Å². The second kappa shape index (κ2) is 9.05. The van der Waals surface area contributed by atoms with E-state index >= 15 is 0 Å². The zero-order valence-electron chi connectivity index (χ0n) is 19.3. The maximum Gasteiger partial charge on any atom is 0.341 e. The Hall–Kier alpha value is -3.89. The molecule has 5 rings (SSSR count). The maximum atomic E-state index is 14.6. The van der Waals surface area contributed by atoms with E-state index in [2.05, 4.69) is 15.2 Å². The van der Waals surface area contributed by atoms with E-state index in [1.165, 1.54) is 23.3 Å². The second-order valence-electron chi connectivity index (χ2n) is 8.68. The Balaban J connectivity index is 1.29. The molecule has 0 aliphatic carbocycles. The lowest BCUT2D eigenvalue weighted by Crippen LogP contribution is -2.52. The van der Waals surface area contributed by atoms with Crippen LogP contribution < -0.4 is 4.90 Å². The van der Waals surface area contributed by atoms with Crippen LogP contribution in [0.5, 0.6) is 0 Å². The quantitative estimate of drug-likeness (QED) is 0.567. The van der Waals surface area contributed by atoms with Crippen molar-refractivity contribution in [1.82, 2.24) is 24.7 Å². The summed E-state index contributed by atoms with van der Waals surface area (Å²) in [7, 11) is 1.76. The summed E-state index contributed by atoms with van der Waals surface area (Å²) in [6.07, 6.45) is 4.85. The van der Waals surface area contributed by atoms with Gasteiger partial charge < -0.3 is 9.80 Å². The number of halogens is 3. The van der Waals surface area contributed by atoms with Gasteiger partial charge in [-0.3, -0.25) is 4.68 Å². The van der Waals surface area contributed by atoms with E-state index in [1.54, 1.807) is 35.1 Å². The first-order valence-electron chi connectivity index (χ1n) is 11.3. The summed E-state index contributed by atoms with van der Waals surface area (Å²) in [5, 5.41) is 9.64. The largest absolute Gasteiger partial charge is 0.353 e. The molecule has 1 saturated heterocycles. The van der Waals surface area contributed by atoms with E-state index in [0.29, 0.717) is 55.2 Å². The molecular formula is C24H24F3N7O. The molecular weight excluding hydrogens is 459 g/mol. The molecule has 11 heteroatoms. The molecule has 1 atom stereocenters. The first-order chi connectivity index (χ1) is 16.8. The van der Waals surface area contributed by atoms with Crippen LogP contribution in [-0.2, 0) is 7.05 Å². The third-order valence-electron chi connectivity index (χ3n) is 6.39. The smallest absolute Gasteiger partial charge is 0.341 e. The van der Waals surface area contributed by atoms with Crippen molar-refractivity contribution in [3.8, 4) is 11.3 Å². The summed E-state index contributed by atoms with van der Waals surface area (Å²) in [5.41, 5.74) is 2.33. The first-order valence-corrected chi connectivity index (χ1v) is 11.3. The van der Waals surface area contributed by atoms with Gasteiger partial charge in [-0.25, -0.2) is 28.0 Å². The molecule has 0 spiro atoms. The Morgan fingerprint density at radius 3 is 2.37 bits per heavy atom. The number of hydrogen-bond acceptors (Lipinski definition) is 5. The molecule has 182 valence electrons. The Labute approximate surface area is 200 Å². The van der Waals surface area contributed by atoms with Gasteiger partial charge in [0.15, 0.2) is 5.82 Å². The van der Waals surface area contributed by atoms with Crippen LogP contribution in [0.3, 0.4) is 0 Å². The third-order valence-corrected chi connectivity index (χ3v) is 6.39. The molecule has 0 N–H and O–H groups in total. The van der Waals surface area contributed by atoms with Gasteiger partial charge in [-0.15, -0.1) is 0 Å². The van der Waals surface area contributed by atoms with E-state index < -0.39 is 23.5 Å². The number of urea groups is 1. The van der Waals surface area contributed by atoms with Gasteiger partial charge in [-0.2, -0.15) is 10.2 Å². The summed E-state index contributed by atoms with van der Waals surface area (Å²) < 4.78 is 43.7. The molecule has 2 aliphatic heterocycles. The van der Waals surface area contributed by atoms with Gasteiger partial charge in [0.2, 0.25) is 0 Å². The number of hydrazone groups is 1. The van der Waals surface area contributed by atoms with E-state index in [4.69, 9.17) is 0 Å². The number of carbonyl (C=O) groups is 1. The fraction of sp³-hybridized carbons (Fsp3) is 0.333. The van der Waals surface area contributed by atoms with Crippen molar-refractivity contribution in [3.63, 3.8) is 0 Å². The van der Waals surface area contributed by atoms with Gasteiger partial charge in [0.1, 0.15) is 17.5 Å². The minimum absolute atomic E-state index is 0.327. The highest BCUT2D eigenvalue weighted by molar-refractivity contribution is 5.79. The van der Waals surface area contributed by atoms with Crippen LogP contribution in [0.2, 0.25) is 0 Å². The van der Waals surface area contributed by atoms with Gasteiger partial charge in [0.25, 0.3) is 0 Å². The first kappa shape index (κ1) is 22.9. The Bertz CT molecular complexity index is 1260. The Morgan fingerprint density at radius 1 is 1.00 bits per heavy atom. The van der Waals surface area contributed by atoms with Crippen molar-refractivity contribution in [2.24, 2.45) is 12.1 Å². The lowest BCUT2D eigenvalue weighted by Gasteiger charge is -2.37. The highest BCUT2D eigenvalue weighted by Crippen LogP contribution is 2.31. The number of nitrogens with zero attached hydrogens (tertiary/aromatic N) is 7. The maximum absolute atomic E-state index is 14.6. The Kier molecular flexibility index (Phi) is 5.91. The van der Waals surface area contributed by atoms with Crippen LogP contribution in [0.15, 0.2) is 41.8 Å². The molecule has 2 amide bonds. The van der Waals surface area contributed by atoms with Gasteiger partial charge in [-0.1, -0.05) is 0 Å². The van der Waals surface area contributed by atoms with Gasteiger partial charge in [0.05, 0.1) is 24.1 Å². The van der Waals surface area contributed by atoms with Crippen molar-refractivity contribution in [1.29, 1.82) is 0 Å². The molecule has 0 radical (unpaired) electrons. The minimum atomic E-state index is -0.694. The lowest BCUT2D eigenvalue weighted by molar-refractivity contribution is 0.139. The molecule has 1 fully saturated rings. The molecule has 0 bridgehead atoms. The molecule has 1 unspecified atom stereocenters. The number of pyridine rings is 1. The number of hydrogen-bond donors (Lipinski definition) is 0. The highest BCUT2D eigenvalue weighted by Gasteiger charge is 2.33. The molecule has 35 heavy (non-hydrogen) atoms. The number of benzene rings is 1. The number of carbonyl (C=O) groups excluding carboxylic acids is 1. The third kappa shape index (κ3) is 4.33. The summed E-state index contributed by atoms with van der Waals surface area (Å²) in [4.78, 5) is 21.1. The zero-order valence-corrected chi connectivity index (χ0v) is 19.3. The lowest BCUT2D eigenvalue weighted by atomic mass is 10.0. The van der Waals surface area contributed by atoms with Crippen LogP contribution in [0.4, 0.5) is 23.8 Å². The van der Waals surface area contributed by atoms with Crippen molar-refractivity contribution in [2.45, 2.75) is 19.4 Å². The normalized spacial score (nSPS) is 18.0. The van der Waals surface area contributed by atoms with E-state index in [9.17, 15) is 18.0 Å². The number of anilines is 1. The number of piperazine rings is 1. The van der Waals surface area contributed by atoms with E-state index in [-0.39, 0.29) is 6.03 Å². The zero-order chi connectivity index (χ0) is 24.7. The average Bonchev–Trinajstić information content (AvgIpc) is 3.45. The van der Waals surface area contributed by atoms with Crippen LogP contribution >= 0.6 is 0 Å². The number of aromatic nitrogens is 3. The summed E-state index contributed by atoms with van der Waals surface area (Å²) in [5.74, 6) is -1.21. The number of aryl methyl sites for hydroxylation is 2. The predicted octanol–water partition coefficient (Wildman–Crippen LogP) is 3.88. The predicted molar refractivity (Wildman–Crippen MR) is 124 cm³/mol. The van der Waals surface area contributed by atoms with Crippen molar-refractivity contribution in [2.75, 3.05) is 31.1 Å². The summed E-state index contributed by atoms with van der Waals surface area (Å²) in [6.45, 7) is 3.65. The molecule has 8 nitrogen and oxygen atoms in total. The number of rotatable bonds is 3. The van der Waals surface area contributed by atoms with Crippen LogP contribution in [0, 0.1) is 24.4 Å². The fourth-order valence-electron chi connectivity index (χ4n) is 4.63. The van der Waals surface area contributed by atoms with Crippen LogP contribution in [0.1, 0.15) is 23.6 Å². The molecule has 0 saturated carbocycles. The fourth-order valence-corrected chi connectivity index (χ4v) is 4.63. The van der Waals surface area contributed by atoms with Gasteiger partial charge in [-0.05, 0) is 36.2 Å². The van der Waals surface area contributed by atoms with Crippen molar-refractivity contribution in [3.05, 3.63) is 65.2 Å². The molecule has 1 aromatic carbocycles. The summed E-state index contributed by atoms with van der Waals surface area (Å²) >= 11 is 0. The molecule has 2 aromatic heterocycles. The van der Waals surface area contributed by atoms with Crippen LogP contribution in [-0.4, -0.2) is 63.1 Å². The van der Waals surface area contributed by atoms with Gasteiger partial charge in [0, 0.05) is 57.5 Å². The number of amides is 2. The van der Waals surface area contributed by atoms with Crippen molar-refractivity contribution < 1.29 is 18.0 Å². The standard InChI is InChI=1S/C24H24F3N7O/c1-15-13-30-31(2)23(15)19-12-22(28-14-20(19)27)32-5-7-33(8-6-32)24(35)34-21(3-4-29-34)16-9-17(25)11-18(26)10-16/h4,9-14,21H,3,5-8H2,1-2H3.